The second-order valence-corrected chi connectivity index (χ2v) is 5.25. The molecule has 0 bridgehead atoms. The summed E-state index contributed by atoms with van der Waals surface area (Å²) < 4.78 is 9.52. The van der Waals surface area contributed by atoms with Crippen molar-refractivity contribution in [3.8, 4) is 0 Å². The number of nitrogens with zero attached hydrogens (tertiary/aromatic N) is 3. The minimum Gasteiger partial charge on any atom is -0.394 e. The summed E-state index contributed by atoms with van der Waals surface area (Å²) in [5.41, 5.74) is 0.979. The van der Waals surface area contributed by atoms with Crippen LogP contribution in [-0.2, 0) is 11.3 Å². The minimum absolute atomic E-state index is 0.0681. The lowest BCUT2D eigenvalue weighted by molar-refractivity contribution is -0.0808. The highest BCUT2D eigenvalue weighted by atomic mass is 32.1. The predicted octanol–water partition coefficient (Wildman–Crippen LogP) is 0.551. The molecular weight excluding hydrogens is 252 g/mol. The maximum absolute atomic E-state index is 9.17. The van der Waals surface area contributed by atoms with Gasteiger partial charge in [-0.15, -0.1) is 5.10 Å². The van der Waals surface area contributed by atoms with E-state index in [2.05, 4.69) is 33.7 Å². The lowest BCUT2D eigenvalue weighted by Crippen LogP contribution is -2.48. The highest BCUT2D eigenvalue weighted by Crippen LogP contribution is 2.22. The molecule has 2 unspecified atom stereocenters. The second-order valence-electron chi connectivity index (χ2n) is 4.50. The van der Waals surface area contributed by atoms with Crippen LogP contribution in [0.2, 0.25) is 0 Å². The SMILES string of the molecule is CCNc1snnc1CN1CC(CO)OCC1C. The number of rotatable bonds is 5. The summed E-state index contributed by atoms with van der Waals surface area (Å²) in [5.74, 6) is 0. The highest BCUT2D eigenvalue weighted by molar-refractivity contribution is 7.10. The summed E-state index contributed by atoms with van der Waals surface area (Å²) >= 11 is 1.39. The number of nitrogens with one attached hydrogen (secondary N) is 1. The van der Waals surface area contributed by atoms with Crippen LogP contribution >= 0.6 is 11.5 Å². The van der Waals surface area contributed by atoms with E-state index in [0.29, 0.717) is 12.6 Å². The van der Waals surface area contributed by atoms with Gasteiger partial charge in [-0.05, 0) is 13.8 Å². The summed E-state index contributed by atoms with van der Waals surface area (Å²) in [4.78, 5) is 2.28. The number of ether oxygens (including phenoxy) is 1. The molecule has 0 aliphatic carbocycles. The Bertz CT molecular complexity index is 374. The largest absolute Gasteiger partial charge is 0.394 e. The van der Waals surface area contributed by atoms with Crippen molar-refractivity contribution in [3.05, 3.63) is 5.69 Å². The van der Waals surface area contributed by atoms with Crippen LogP contribution in [0.5, 0.6) is 0 Å². The molecule has 0 saturated carbocycles. The minimum atomic E-state index is -0.0876. The average molecular weight is 272 g/mol. The fraction of sp³-hybridized carbons (Fsp3) is 0.818. The van der Waals surface area contributed by atoms with Crippen molar-refractivity contribution in [2.24, 2.45) is 0 Å². The first-order chi connectivity index (χ1) is 8.74. The summed E-state index contributed by atoms with van der Waals surface area (Å²) in [6.07, 6.45) is -0.0876. The molecule has 1 aliphatic heterocycles. The van der Waals surface area contributed by atoms with Crippen LogP contribution in [0.25, 0.3) is 0 Å². The van der Waals surface area contributed by atoms with Gasteiger partial charge in [-0.25, -0.2) is 0 Å². The average Bonchev–Trinajstić information content (AvgIpc) is 2.80. The molecule has 6 nitrogen and oxygen atoms in total. The van der Waals surface area contributed by atoms with Gasteiger partial charge in [0.05, 0.1) is 19.3 Å². The lowest BCUT2D eigenvalue weighted by atomic mass is 10.2. The van der Waals surface area contributed by atoms with Crippen molar-refractivity contribution < 1.29 is 9.84 Å². The van der Waals surface area contributed by atoms with Gasteiger partial charge < -0.3 is 15.2 Å². The summed E-state index contributed by atoms with van der Waals surface area (Å²) in [7, 11) is 0. The number of anilines is 1. The van der Waals surface area contributed by atoms with Gasteiger partial charge in [0.2, 0.25) is 0 Å². The van der Waals surface area contributed by atoms with Crippen LogP contribution in [0, 0.1) is 0 Å². The summed E-state index contributed by atoms with van der Waals surface area (Å²) in [6.45, 7) is 7.26. The first-order valence-corrected chi connectivity index (χ1v) is 7.03. The van der Waals surface area contributed by atoms with Gasteiger partial charge in [0, 0.05) is 37.2 Å². The van der Waals surface area contributed by atoms with Gasteiger partial charge in [0.1, 0.15) is 10.7 Å². The molecular formula is C11H20N4O2S. The Labute approximate surface area is 111 Å². The molecule has 0 radical (unpaired) electrons. The summed E-state index contributed by atoms with van der Waals surface area (Å²) in [5, 5.41) is 17.7. The maximum Gasteiger partial charge on any atom is 0.134 e. The third-order valence-corrected chi connectivity index (χ3v) is 3.81. The molecule has 1 aromatic rings. The van der Waals surface area contributed by atoms with Gasteiger partial charge in [0.15, 0.2) is 0 Å². The van der Waals surface area contributed by atoms with Crippen LogP contribution in [0.1, 0.15) is 19.5 Å². The van der Waals surface area contributed by atoms with Crippen molar-refractivity contribution in [1.82, 2.24) is 14.5 Å². The zero-order valence-corrected chi connectivity index (χ0v) is 11.6. The Hall–Kier alpha value is -0.760. The number of hydrogen-bond donors (Lipinski definition) is 2. The van der Waals surface area contributed by atoms with Gasteiger partial charge in [0.25, 0.3) is 0 Å². The van der Waals surface area contributed by atoms with Gasteiger partial charge in [-0.2, -0.15) is 0 Å². The van der Waals surface area contributed by atoms with E-state index >= 15 is 0 Å². The molecule has 1 saturated heterocycles. The number of aromatic nitrogens is 2. The van der Waals surface area contributed by atoms with Crippen molar-refractivity contribution in [1.29, 1.82) is 0 Å². The monoisotopic (exact) mass is 272 g/mol. The van der Waals surface area contributed by atoms with Gasteiger partial charge in [-0.3, -0.25) is 4.90 Å². The molecule has 1 fully saturated rings. The van der Waals surface area contributed by atoms with Crippen LogP contribution < -0.4 is 5.32 Å². The van der Waals surface area contributed by atoms with Crippen LogP contribution in [0.15, 0.2) is 0 Å². The third kappa shape index (κ3) is 3.17. The van der Waals surface area contributed by atoms with Crippen molar-refractivity contribution in [2.45, 2.75) is 32.5 Å². The molecule has 2 heterocycles. The molecule has 2 rings (SSSR count). The Morgan fingerprint density at radius 3 is 3.17 bits per heavy atom. The van der Waals surface area contributed by atoms with Crippen molar-refractivity contribution in [3.63, 3.8) is 0 Å². The molecule has 2 N–H and O–H groups in total. The molecule has 102 valence electrons. The van der Waals surface area contributed by atoms with E-state index in [1.165, 1.54) is 11.5 Å². The smallest absolute Gasteiger partial charge is 0.134 e. The molecule has 1 aromatic heterocycles. The molecule has 7 heteroatoms. The number of aliphatic hydroxyl groups is 1. The van der Waals surface area contributed by atoms with E-state index in [0.717, 1.165) is 30.3 Å². The van der Waals surface area contributed by atoms with E-state index in [1.54, 1.807) is 0 Å². The fourth-order valence-electron chi connectivity index (χ4n) is 2.01. The zero-order valence-electron chi connectivity index (χ0n) is 10.8. The number of aliphatic hydroxyl groups excluding tert-OH is 1. The predicted molar refractivity (Wildman–Crippen MR) is 70.8 cm³/mol. The van der Waals surface area contributed by atoms with E-state index < -0.39 is 0 Å². The standard InChI is InChI=1S/C11H20N4O2S/c1-3-12-11-10(13-14-18-11)5-15-4-9(6-16)17-7-8(15)2/h8-9,12,16H,3-7H2,1-2H3. The summed E-state index contributed by atoms with van der Waals surface area (Å²) in [6, 6.07) is 0.337. The Kier molecular flexibility index (Phi) is 4.87. The topological polar surface area (TPSA) is 70.5 Å². The molecule has 0 amide bonds. The maximum atomic E-state index is 9.17. The number of morpholine rings is 1. The van der Waals surface area contributed by atoms with Crippen LogP contribution in [0.3, 0.4) is 0 Å². The van der Waals surface area contributed by atoms with Crippen LogP contribution in [-0.4, -0.2) is 58.0 Å². The molecule has 18 heavy (non-hydrogen) atoms. The Morgan fingerprint density at radius 1 is 1.61 bits per heavy atom. The van der Waals surface area contributed by atoms with Crippen LogP contribution in [0.4, 0.5) is 5.00 Å². The molecule has 2 atom stereocenters. The molecule has 1 aliphatic rings. The Balaban J connectivity index is 2.00. The van der Waals surface area contributed by atoms with Gasteiger partial charge >= 0.3 is 0 Å². The van der Waals surface area contributed by atoms with E-state index in [9.17, 15) is 5.11 Å². The first-order valence-electron chi connectivity index (χ1n) is 6.26. The highest BCUT2D eigenvalue weighted by Gasteiger charge is 2.26. The van der Waals surface area contributed by atoms with E-state index in [-0.39, 0.29) is 12.7 Å². The van der Waals surface area contributed by atoms with E-state index in [4.69, 9.17) is 4.74 Å². The zero-order chi connectivity index (χ0) is 13.0. The lowest BCUT2D eigenvalue weighted by Gasteiger charge is -2.36. The second kappa shape index (κ2) is 6.42. The van der Waals surface area contributed by atoms with E-state index in [1.807, 2.05) is 0 Å². The number of hydrogen-bond acceptors (Lipinski definition) is 7. The normalized spacial score (nSPS) is 25.3. The van der Waals surface area contributed by atoms with Crippen molar-refractivity contribution in [2.75, 3.05) is 31.6 Å². The van der Waals surface area contributed by atoms with Crippen molar-refractivity contribution >= 4 is 16.5 Å². The quantitative estimate of drug-likeness (QED) is 0.816. The third-order valence-electron chi connectivity index (χ3n) is 3.08. The first kappa shape index (κ1) is 13.7. The van der Waals surface area contributed by atoms with Gasteiger partial charge in [-0.1, -0.05) is 4.49 Å². The molecule has 0 spiro atoms. The Morgan fingerprint density at radius 2 is 2.44 bits per heavy atom. The fourth-order valence-corrected chi connectivity index (χ4v) is 2.65. The molecule has 0 aromatic carbocycles.